The molecule has 4 aromatic rings. The van der Waals surface area contributed by atoms with Crippen LogP contribution in [0.3, 0.4) is 0 Å². The highest BCUT2D eigenvalue weighted by Crippen LogP contribution is 2.33. The summed E-state index contributed by atoms with van der Waals surface area (Å²) in [7, 11) is -3.58. The maximum atomic E-state index is 12.8. The van der Waals surface area contributed by atoms with Crippen LogP contribution in [0.25, 0.3) is 22.6 Å². The number of fused-ring (bicyclic) bond motifs is 1. The molecule has 0 unspecified atom stereocenters. The quantitative estimate of drug-likeness (QED) is 0.452. The highest BCUT2D eigenvalue weighted by molar-refractivity contribution is 7.91. The molecule has 0 aliphatic rings. The number of hydrogen-bond donors (Lipinski definition) is 1. The first-order valence-corrected chi connectivity index (χ1v) is 11.6. The van der Waals surface area contributed by atoms with Crippen molar-refractivity contribution in [1.82, 2.24) is 19.7 Å². The van der Waals surface area contributed by atoms with Crippen LogP contribution in [-0.2, 0) is 16.3 Å². The van der Waals surface area contributed by atoms with E-state index in [4.69, 9.17) is 4.84 Å². The Labute approximate surface area is 184 Å². The minimum Gasteiger partial charge on any atom is -0.478 e. The Morgan fingerprint density at radius 2 is 1.97 bits per heavy atom. The Bertz CT molecular complexity index is 1420. The van der Waals surface area contributed by atoms with Crippen molar-refractivity contribution in [2.45, 2.75) is 25.2 Å². The summed E-state index contributed by atoms with van der Waals surface area (Å²) in [6.45, 7) is 3.47. The van der Waals surface area contributed by atoms with E-state index in [1.165, 1.54) is 41.5 Å². The predicted molar refractivity (Wildman–Crippen MR) is 117 cm³/mol. The Hall–Kier alpha value is -3.79. The van der Waals surface area contributed by atoms with Gasteiger partial charge < -0.3 is 9.94 Å². The van der Waals surface area contributed by atoms with Crippen molar-refractivity contribution >= 4 is 26.8 Å². The zero-order chi connectivity index (χ0) is 22.9. The van der Waals surface area contributed by atoms with E-state index in [1.54, 1.807) is 25.1 Å². The highest BCUT2D eigenvalue weighted by Gasteiger charge is 2.24. The molecule has 32 heavy (non-hydrogen) atoms. The molecule has 0 fully saturated rings. The third-order valence-corrected chi connectivity index (χ3v) is 6.74. The number of carboxylic acid groups (broad SMARTS) is 1. The molecule has 9 nitrogen and oxygen atoms in total. The van der Waals surface area contributed by atoms with E-state index in [-0.39, 0.29) is 27.8 Å². The molecule has 164 valence electrons. The second-order valence-electron chi connectivity index (χ2n) is 6.92. The summed E-state index contributed by atoms with van der Waals surface area (Å²) in [6.07, 6.45) is 5.04. The summed E-state index contributed by atoms with van der Waals surface area (Å²) >= 11 is 0. The van der Waals surface area contributed by atoms with Gasteiger partial charge in [-0.3, -0.25) is 4.98 Å². The number of hydrogen-bond acceptors (Lipinski definition) is 7. The van der Waals surface area contributed by atoms with Gasteiger partial charge >= 0.3 is 5.97 Å². The molecule has 10 heteroatoms. The molecule has 4 rings (SSSR count). The number of para-hydroxylation sites is 1. The minimum atomic E-state index is -3.58. The first-order chi connectivity index (χ1) is 15.4. The summed E-state index contributed by atoms with van der Waals surface area (Å²) in [5, 5.41) is 9.34. The van der Waals surface area contributed by atoms with Crippen molar-refractivity contribution in [2.24, 2.45) is 0 Å². The van der Waals surface area contributed by atoms with E-state index in [1.807, 2.05) is 6.92 Å². The molecule has 1 N–H and O–H groups in total. The molecule has 0 aliphatic carbocycles. The second-order valence-corrected chi connectivity index (χ2v) is 9.17. The average Bonchev–Trinajstić information content (AvgIpc) is 3.17. The number of benzene rings is 2. The Kier molecular flexibility index (Phi) is 5.62. The van der Waals surface area contributed by atoms with Crippen LogP contribution in [0.4, 0.5) is 0 Å². The lowest BCUT2D eigenvalue weighted by molar-refractivity contribution is 0.0697. The lowest BCUT2D eigenvalue weighted by atomic mass is 10.1. The van der Waals surface area contributed by atoms with Crippen molar-refractivity contribution in [2.75, 3.05) is 5.75 Å². The van der Waals surface area contributed by atoms with Crippen LogP contribution < -0.4 is 4.84 Å². The topological polar surface area (TPSA) is 124 Å². The monoisotopic (exact) mass is 452 g/mol. The number of aromatic nitrogens is 4. The summed E-state index contributed by atoms with van der Waals surface area (Å²) in [5.74, 6) is -0.707. The van der Waals surface area contributed by atoms with E-state index in [0.717, 1.165) is 0 Å². The Balaban J connectivity index is 1.99. The number of imidazole rings is 1. The van der Waals surface area contributed by atoms with E-state index < -0.39 is 15.8 Å². The fourth-order valence-electron chi connectivity index (χ4n) is 3.29. The van der Waals surface area contributed by atoms with Gasteiger partial charge in [0.25, 0.3) is 0 Å². The van der Waals surface area contributed by atoms with Crippen LogP contribution in [0.2, 0.25) is 0 Å². The summed E-state index contributed by atoms with van der Waals surface area (Å²) in [4.78, 5) is 30.6. The van der Waals surface area contributed by atoms with Gasteiger partial charge in [0, 0.05) is 12.4 Å². The Morgan fingerprint density at radius 1 is 1.16 bits per heavy atom. The van der Waals surface area contributed by atoms with Gasteiger partial charge in [-0.25, -0.2) is 23.2 Å². The zero-order valence-electron chi connectivity index (χ0n) is 17.4. The van der Waals surface area contributed by atoms with Gasteiger partial charge in [0.2, 0.25) is 0 Å². The van der Waals surface area contributed by atoms with Crippen LogP contribution >= 0.6 is 0 Å². The Morgan fingerprint density at radius 3 is 2.62 bits per heavy atom. The standard InChI is InChI=1S/C22H20N4O5S/c1-3-14-6-5-7-19(32(29,30)4-2)20(14)31-26-18-9-8-15(22(27)28)12-16(18)25-21(26)17-13-23-10-11-24-17/h5-13H,3-4H2,1-2H3,(H,27,28). The lowest BCUT2D eigenvalue weighted by Crippen LogP contribution is -2.14. The number of nitrogens with zero attached hydrogens (tertiary/aromatic N) is 4. The molecule has 0 radical (unpaired) electrons. The molecule has 0 saturated carbocycles. The molecule has 2 heterocycles. The van der Waals surface area contributed by atoms with Gasteiger partial charge in [0.15, 0.2) is 21.4 Å². The molecule has 0 saturated heterocycles. The van der Waals surface area contributed by atoms with Gasteiger partial charge in [-0.05, 0) is 36.2 Å². The molecule has 0 atom stereocenters. The van der Waals surface area contributed by atoms with Crippen molar-refractivity contribution < 1.29 is 23.2 Å². The van der Waals surface area contributed by atoms with Crippen molar-refractivity contribution in [1.29, 1.82) is 0 Å². The number of aryl methyl sites for hydroxylation is 1. The lowest BCUT2D eigenvalue weighted by Gasteiger charge is -2.16. The van der Waals surface area contributed by atoms with Crippen molar-refractivity contribution in [3.8, 4) is 17.3 Å². The smallest absolute Gasteiger partial charge is 0.335 e. The van der Waals surface area contributed by atoms with E-state index in [9.17, 15) is 18.3 Å². The normalized spacial score (nSPS) is 11.6. The highest BCUT2D eigenvalue weighted by atomic mass is 32.2. The SMILES string of the molecule is CCc1cccc(S(=O)(=O)CC)c1On1c(-c2cnccn2)nc2cc(C(=O)O)ccc21. The van der Waals surface area contributed by atoms with Crippen molar-refractivity contribution in [3.05, 3.63) is 66.1 Å². The van der Waals surface area contributed by atoms with Crippen LogP contribution in [0.5, 0.6) is 5.75 Å². The third-order valence-electron chi connectivity index (χ3n) is 4.99. The van der Waals surface area contributed by atoms with Gasteiger partial charge in [0.1, 0.15) is 16.1 Å². The minimum absolute atomic E-state index is 0.0658. The number of carboxylic acids is 1. The largest absolute Gasteiger partial charge is 0.478 e. The van der Waals surface area contributed by atoms with Crippen LogP contribution in [0.1, 0.15) is 29.8 Å². The number of aromatic carboxylic acids is 1. The number of rotatable bonds is 7. The van der Waals surface area contributed by atoms with E-state index in [0.29, 0.717) is 28.7 Å². The fraction of sp³-hybridized carbons (Fsp3) is 0.182. The van der Waals surface area contributed by atoms with Gasteiger partial charge in [0.05, 0.1) is 23.0 Å². The zero-order valence-corrected chi connectivity index (χ0v) is 18.2. The van der Waals surface area contributed by atoms with Crippen molar-refractivity contribution in [3.63, 3.8) is 0 Å². The van der Waals surface area contributed by atoms with Gasteiger partial charge in [-0.15, -0.1) is 0 Å². The van der Waals surface area contributed by atoms with Crippen LogP contribution in [0.15, 0.2) is 59.9 Å². The molecule has 0 bridgehead atoms. The summed E-state index contributed by atoms with van der Waals surface area (Å²) in [6, 6.07) is 9.41. The van der Waals surface area contributed by atoms with Crippen LogP contribution in [-0.4, -0.2) is 44.9 Å². The fourth-order valence-corrected chi connectivity index (χ4v) is 4.34. The van der Waals surface area contributed by atoms with Gasteiger partial charge in [-0.2, -0.15) is 4.73 Å². The molecule has 2 aromatic heterocycles. The van der Waals surface area contributed by atoms with Crippen LogP contribution in [0, 0.1) is 0 Å². The molecule has 0 spiro atoms. The average molecular weight is 452 g/mol. The third kappa shape index (κ3) is 3.80. The summed E-state index contributed by atoms with van der Waals surface area (Å²) < 4.78 is 26.9. The van der Waals surface area contributed by atoms with E-state index in [2.05, 4.69) is 15.0 Å². The van der Waals surface area contributed by atoms with E-state index >= 15 is 0 Å². The summed E-state index contributed by atoms with van der Waals surface area (Å²) in [5.41, 5.74) is 1.97. The first-order valence-electron chi connectivity index (χ1n) is 9.91. The maximum Gasteiger partial charge on any atom is 0.335 e. The predicted octanol–water partition coefficient (Wildman–Crippen LogP) is 3.39. The first kappa shape index (κ1) is 21.4. The number of carbonyl (C=O) groups is 1. The molecule has 2 aromatic carbocycles. The van der Waals surface area contributed by atoms with Gasteiger partial charge in [-0.1, -0.05) is 26.0 Å². The molecule has 0 amide bonds. The maximum absolute atomic E-state index is 12.8. The molecule has 0 aliphatic heterocycles. The number of sulfone groups is 1. The molecular formula is C22H20N4O5S. The second kappa shape index (κ2) is 8.39. The molecular weight excluding hydrogens is 432 g/mol.